The van der Waals surface area contributed by atoms with E-state index < -0.39 is 11.7 Å². The van der Waals surface area contributed by atoms with Crippen molar-refractivity contribution in [1.82, 2.24) is 24.2 Å². The Morgan fingerprint density at radius 3 is 2.76 bits per heavy atom. The SMILES string of the molecule is C=CC(=O)N1C[C@@H](n2nc(C#Cc3cc4ncn(C5CC5)c4c(F)c3Cl)c(C(N)=O)c2N)C[C@@H]1COC. The maximum absolute atomic E-state index is 15.2. The molecule has 0 radical (unpaired) electrons. The Bertz CT molecular complexity index is 1500. The summed E-state index contributed by atoms with van der Waals surface area (Å²) in [6.45, 7) is 4.15. The molecule has 10 nitrogen and oxygen atoms in total. The van der Waals surface area contributed by atoms with Crippen molar-refractivity contribution >= 4 is 40.3 Å². The van der Waals surface area contributed by atoms with Crippen LogP contribution in [0.1, 0.15) is 53.0 Å². The van der Waals surface area contributed by atoms with Crippen LogP contribution >= 0.6 is 11.6 Å². The van der Waals surface area contributed by atoms with Gasteiger partial charge in [0, 0.05) is 25.3 Å². The van der Waals surface area contributed by atoms with Crippen LogP contribution in [0.2, 0.25) is 5.02 Å². The number of anilines is 1. The third-order valence-corrected chi connectivity index (χ3v) is 7.11. The molecule has 12 heteroatoms. The van der Waals surface area contributed by atoms with E-state index in [4.69, 9.17) is 27.8 Å². The van der Waals surface area contributed by atoms with E-state index in [1.54, 1.807) is 29.0 Å². The van der Waals surface area contributed by atoms with Crippen LogP contribution in [0.25, 0.3) is 11.0 Å². The number of primary amides is 1. The molecule has 1 saturated carbocycles. The molecular weight excluding hydrogens is 501 g/mol. The number of amides is 2. The van der Waals surface area contributed by atoms with Gasteiger partial charge in [0.1, 0.15) is 16.9 Å². The number of ether oxygens (including phenoxy) is 1. The van der Waals surface area contributed by atoms with Gasteiger partial charge in [-0.2, -0.15) is 5.10 Å². The fourth-order valence-corrected chi connectivity index (χ4v) is 5.03. The highest BCUT2D eigenvalue weighted by atomic mass is 35.5. The van der Waals surface area contributed by atoms with Crippen LogP contribution < -0.4 is 11.5 Å². The van der Waals surface area contributed by atoms with Gasteiger partial charge in [0.25, 0.3) is 5.91 Å². The average Bonchev–Trinajstić information content (AvgIpc) is 3.34. The maximum atomic E-state index is 15.2. The van der Waals surface area contributed by atoms with E-state index in [9.17, 15) is 9.59 Å². The number of nitrogen functional groups attached to an aromatic ring is 1. The number of imidazole rings is 1. The van der Waals surface area contributed by atoms with Gasteiger partial charge in [-0.25, -0.2) is 14.1 Å². The third-order valence-electron chi connectivity index (χ3n) is 6.74. The molecular formula is C25H25ClFN7O3. The van der Waals surface area contributed by atoms with E-state index in [-0.39, 0.29) is 58.2 Å². The van der Waals surface area contributed by atoms with Crippen LogP contribution in [-0.4, -0.2) is 62.3 Å². The number of fused-ring (bicyclic) bond motifs is 1. The minimum atomic E-state index is -0.811. The van der Waals surface area contributed by atoms with Crippen LogP contribution in [-0.2, 0) is 9.53 Å². The summed E-state index contributed by atoms with van der Waals surface area (Å²) in [6, 6.07) is 1.26. The predicted molar refractivity (Wildman–Crippen MR) is 135 cm³/mol. The first-order valence-electron chi connectivity index (χ1n) is 11.7. The number of carbonyl (C=O) groups excluding carboxylic acids is 2. The molecule has 0 bridgehead atoms. The molecule has 2 aliphatic rings. The summed E-state index contributed by atoms with van der Waals surface area (Å²) in [5.41, 5.74) is 12.8. The molecule has 1 aliphatic heterocycles. The number of aromatic nitrogens is 4. The fraction of sp³-hybridized carbons (Fsp3) is 0.360. The summed E-state index contributed by atoms with van der Waals surface area (Å²) in [7, 11) is 1.55. The summed E-state index contributed by atoms with van der Waals surface area (Å²) in [4.78, 5) is 30.5. The zero-order chi connectivity index (χ0) is 26.4. The van der Waals surface area contributed by atoms with Gasteiger partial charge in [-0.3, -0.25) is 9.59 Å². The summed E-state index contributed by atoms with van der Waals surface area (Å²) in [5.74, 6) is 3.95. The second-order valence-corrected chi connectivity index (χ2v) is 9.54. The van der Waals surface area contributed by atoms with E-state index in [0.29, 0.717) is 24.1 Å². The minimum absolute atomic E-state index is 0.0294. The van der Waals surface area contributed by atoms with Crippen LogP contribution in [0, 0.1) is 17.7 Å². The average molecular weight is 526 g/mol. The first kappa shape index (κ1) is 24.8. The van der Waals surface area contributed by atoms with E-state index in [1.807, 2.05) is 0 Å². The van der Waals surface area contributed by atoms with Gasteiger partial charge in [0.05, 0.1) is 35.6 Å². The molecule has 1 saturated heterocycles. The van der Waals surface area contributed by atoms with Crippen LogP contribution in [0.15, 0.2) is 25.0 Å². The number of methoxy groups -OCH3 is 1. The number of nitrogens with two attached hydrogens (primary N) is 2. The maximum Gasteiger partial charge on any atom is 0.255 e. The van der Waals surface area contributed by atoms with Crippen molar-refractivity contribution in [3.05, 3.63) is 52.7 Å². The molecule has 2 fully saturated rings. The number of carbonyl (C=O) groups is 2. The van der Waals surface area contributed by atoms with E-state index in [1.165, 1.54) is 10.8 Å². The standard InChI is InChI=1S/C25H25ClFN7O3/c1-3-19(35)32-10-15(9-16(32)11-37-2)34-24(28)20(25(29)36)17(31-34)7-4-13-8-18-23(22(27)21(13)26)33(12-30-18)14-5-6-14/h3,8,12,14-16H,1,5-6,9-11,28H2,2H3,(H2,29,36)/t15-,16+/m0/s1. The van der Waals surface area contributed by atoms with Crippen molar-refractivity contribution in [2.24, 2.45) is 5.73 Å². The molecule has 0 spiro atoms. The second-order valence-electron chi connectivity index (χ2n) is 9.16. The Kier molecular flexibility index (Phi) is 6.39. The van der Waals surface area contributed by atoms with Crippen molar-refractivity contribution < 1.29 is 18.7 Å². The van der Waals surface area contributed by atoms with Crippen molar-refractivity contribution in [3.8, 4) is 11.8 Å². The van der Waals surface area contributed by atoms with Crippen LogP contribution in [0.5, 0.6) is 0 Å². The summed E-state index contributed by atoms with van der Waals surface area (Å²) in [5, 5.41) is 4.30. The molecule has 5 rings (SSSR count). The number of halogens is 2. The lowest BCUT2D eigenvalue weighted by Gasteiger charge is -2.22. The highest BCUT2D eigenvalue weighted by Crippen LogP contribution is 2.39. The quantitative estimate of drug-likeness (QED) is 0.375. The number of likely N-dealkylation sites (tertiary alicyclic amines) is 1. The van der Waals surface area contributed by atoms with Crippen LogP contribution in [0.3, 0.4) is 0 Å². The topological polar surface area (TPSA) is 134 Å². The zero-order valence-corrected chi connectivity index (χ0v) is 20.8. The van der Waals surface area contributed by atoms with E-state index in [0.717, 1.165) is 12.8 Å². The first-order valence-corrected chi connectivity index (χ1v) is 12.1. The molecule has 2 atom stereocenters. The molecule has 1 aliphatic carbocycles. The minimum Gasteiger partial charge on any atom is -0.383 e. The van der Waals surface area contributed by atoms with Gasteiger partial charge in [0.2, 0.25) is 5.91 Å². The van der Waals surface area contributed by atoms with Crippen molar-refractivity contribution in [2.75, 3.05) is 26.0 Å². The lowest BCUT2D eigenvalue weighted by molar-refractivity contribution is -0.127. The molecule has 2 amide bonds. The normalized spacial score (nSPS) is 19.2. The Morgan fingerprint density at radius 2 is 2.11 bits per heavy atom. The van der Waals surface area contributed by atoms with Crippen LogP contribution in [0.4, 0.5) is 10.2 Å². The molecule has 4 N–H and O–H groups in total. The number of hydrogen-bond donors (Lipinski definition) is 2. The van der Waals surface area contributed by atoms with E-state index in [2.05, 4.69) is 28.5 Å². The number of rotatable bonds is 6. The molecule has 3 heterocycles. The Morgan fingerprint density at radius 1 is 1.35 bits per heavy atom. The van der Waals surface area contributed by atoms with Gasteiger partial charge in [-0.1, -0.05) is 24.1 Å². The highest BCUT2D eigenvalue weighted by molar-refractivity contribution is 6.32. The third kappa shape index (κ3) is 4.32. The van der Waals surface area contributed by atoms with Gasteiger partial charge in [-0.05, 0) is 37.3 Å². The smallest absolute Gasteiger partial charge is 0.255 e. The van der Waals surface area contributed by atoms with Gasteiger partial charge < -0.3 is 25.7 Å². The number of benzene rings is 1. The monoisotopic (exact) mass is 525 g/mol. The zero-order valence-electron chi connectivity index (χ0n) is 20.1. The highest BCUT2D eigenvalue weighted by Gasteiger charge is 2.37. The van der Waals surface area contributed by atoms with Crippen molar-refractivity contribution in [2.45, 2.75) is 37.4 Å². The Balaban J connectivity index is 1.52. The van der Waals surface area contributed by atoms with E-state index >= 15 is 4.39 Å². The lowest BCUT2D eigenvalue weighted by Crippen LogP contribution is -2.37. The predicted octanol–water partition coefficient (Wildman–Crippen LogP) is 2.42. The van der Waals surface area contributed by atoms with Gasteiger partial charge >= 0.3 is 0 Å². The van der Waals surface area contributed by atoms with Crippen molar-refractivity contribution in [3.63, 3.8) is 0 Å². The molecule has 2 aromatic heterocycles. The number of hydrogen-bond acceptors (Lipinski definition) is 6. The molecule has 37 heavy (non-hydrogen) atoms. The molecule has 1 aromatic carbocycles. The first-order chi connectivity index (χ1) is 17.7. The Labute approximate surface area is 217 Å². The van der Waals surface area contributed by atoms with Crippen molar-refractivity contribution in [1.29, 1.82) is 0 Å². The number of nitrogens with zero attached hydrogens (tertiary/aromatic N) is 5. The molecule has 3 aromatic rings. The molecule has 192 valence electrons. The summed E-state index contributed by atoms with van der Waals surface area (Å²) >= 11 is 6.32. The summed E-state index contributed by atoms with van der Waals surface area (Å²) < 4.78 is 23.6. The summed E-state index contributed by atoms with van der Waals surface area (Å²) in [6.07, 6.45) is 5.26. The largest absolute Gasteiger partial charge is 0.383 e. The van der Waals surface area contributed by atoms with Gasteiger partial charge in [0.15, 0.2) is 11.5 Å². The Hall–Kier alpha value is -3.88. The second kappa shape index (κ2) is 9.53. The lowest BCUT2D eigenvalue weighted by atomic mass is 10.1. The molecule has 0 unspecified atom stereocenters. The van der Waals surface area contributed by atoms with Gasteiger partial charge in [-0.15, -0.1) is 0 Å². The fourth-order valence-electron chi connectivity index (χ4n) is 4.84.